The second-order valence-corrected chi connectivity index (χ2v) is 3.35. The molecule has 2 atom stereocenters. The van der Waals surface area contributed by atoms with Crippen LogP contribution in [0.2, 0.25) is 0 Å². The molecular weight excluding hydrogens is 221 g/mol. The van der Waals surface area contributed by atoms with Crippen molar-refractivity contribution in [1.82, 2.24) is 9.55 Å². The first-order valence-corrected chi connectivity index (χ1v) is 4.59. The lowest BCUT2D eigenvalue weighted by Crippen LogP contribution is -2.28. The molecule has 1 saturated heterocycles. The zero-order chi connectivity index (χ0) is 11.7. The van der Waals surface area contributed by atoms with Crippen molar-refractivity contribution in [3.63, 3.8) is 0 Å². The molecule has 3 N–H and O–H groups in total. The minimum Gasteiger partial charge on any atom is -0.394 e. The molecule has 1 aliphatic rings. The predicted molar refractivity (Wildman–Crippen MR) is 49.6 cm³/mol. The van der Waals surface area contributed by atoms with Crippen molar-refractivity contribution in [2.75, 3.05) is 12.3 Å². The van der Waals surface area contributed by atoms with E-state index >= 15 is 0 Å². The normalized spacial score (nSPS) is 24.9. The van der Waals surface area contributed by atoms with Crippen LogP contribution in [0.1, 0.15) is 12.6 Å². The number of hydrogen-bond donors (Lipinski definition) is 2. The van der Waals surface area contributed by atoms with Crippen molar-refractivity contribution in [1.29, 1.82) is 0 Å². The molecule has 7 nitrogen and oxygen atoms in total. The monoisotopic (exact) mass is 231 g/mol. The fourth-order valence-electron chi connectivity index (χ4n) is 1.38. The number of anilines is 1. The van der Waals surface area contributed by atoms with Gasteiger partial charge in [-0.3, -0.25) is 4.57 Å². The van der Waals surface area contributed by atoms with Crippen LogP contribution in [0.25, 0.3) is 0 Å². The summed E-state index contributed by atoms with van der Waals surface area (Å²) in [6.07, 6.45) is -0.190. The van der Waals surface area contributed by atoms with Crippen molar-refractivity contribution < 1.29 is 19.3 Å². The Kier molecular flexibility index (Phi) is 2.86. The molecular formula is C8H10FN3O4. The summed E-state index contributed by atoms with van der Waals surface area (Å²) in [6, 6.07) is 0. The van der Waals surface area contributed by atoms with E-state index in [1.807, 2.05) is 0 Å². The van der Waals surface area contributed by atoms with Crippen molar-refractivity contribution >= 4 is 5.82 Å². The lowest BCUT2D eigenvalue weighted by atomic mass is 10.2. The average Bonchev–Trinajstić information content (AvgIpc) is 2.71. The molecule has 2 unspecified atom stereocenters. The maximum absolute atomic E-state index is 13.1. The Morgan fingerprint density at radius 1 is 1.69 bits per heavy atom. The lowest BCUT2D eigenvalue weighted by Gasteiger charge is -2.10. The highest BCUT2D eigenvalue weighted by molar-refractivity contribution is 5.26. The van der Waals surface area contributed by atoms with Crippen LogP contribution in [0.4, 0.5) is 10.2 Å². The largest absolute Gasteiger partial charge is 0.394 e. The quantitative estimate of drug-likeness (QED) is 0.645. The fourth-order valence-corrected chi connectivity index (χ4v) is 1.38. The van der Waals surface area contributed by atoms with Crippen LogP contribution in [0.15, 0.2) is 11.0 Å². The summed E-state index contributed by atoms with van der Waals surface area (Å²) in [5.74, 6) is -1.27. The van der Waals surface area contributed by atoms with E-state index in [-0.39, 0.29) is 13.0 Å². The molecule has 0 saturated carbocycles. The van der Waals surface area contributed by atoms with Crippen molar-refractivity contribution in [3.8, 4) is 0 Å². The summed E-state index contributed by atoms with van der Waals surface area (Å²) in [6.45, 7) is -0.240. The van der Waals surface area contributed by atoms with E-state index in [1.54, 1.807) is 0 Å². The maximum atomic E-state index is 13.1. The molecule has 1 fully saturated rings. The molecule has 0 amide bonds. The first-order valence-electron chi connectivity index (χ1n) is 4.59. The van der Waals surface area contributed by atoms with Gasteiger partial charge in [-0.2, -0.15) is 4.98 Å². The molecule has 0 bridgehead atoms. The number of nitrogens with two attached hydrogens (primary N) is 1. The summed E-state index contributed by atoms with van der Waals surface area (Å²) in [5, 5.41) is 8.80. The van der Waals surface area contributed by atoms with Gasteiger partial charge >= 0.3 is 5.69 Å². The number of halogens is 1. The van der Waals surface area contributed by atoms with Gasteiger partial charge in [-0.1, -0.05) is 0 Å². The van der Waals surface area contributed by atoms with Gasteiger partial charge in [-0.15, -0.1) is 0 Å². The van der Waals surface area contributed by atoms with Gasteiger partial charge in [0.25, 0.3) is 0 Å². The summed E-state index contributed by atoms with van der Waals surface area (Å²) in [5.41, 5.74) is 4.40. The number of aliphatic hydroxyl groups is 1. The predicted octanol–water partition coefficient (Wildman–Crippen LogP) is -0.824. The molecule has 0 radical (unpaired) electrons. The van der Waals surface area contributed by atoms with Crippen LogP contribution in [0, 0.1) is 5.82 Å². The Hall–Kier alpha value is -1.51. The molecule has 2 rings (SSSR count). The van der Waals surface area contributed by atoms with Gasteiger partial charge in [0.2, 0.25) is 0 Å². The van der Waals surface area contributed by atoms with Crippen LogP contribution < -0.4 is 11.4 Å². The second kappa shape index (κ2) is 4.16. The van der Waals surface area contributed by atoms with Crippen LogP contribution >= 0.6 is 0 Å². The van der Waals surface area contributed by atoms with E-state index < -0.39 is 29.7 Å². The summed E-state index contributed by atoms with van der Waals surface area (Å²) >= 11 is 0. The van der Waals surface area contributed by atoms with Crippen LogP contribution in [-0.4, -0.2) is 27.4 Å². The average molecular weight is 231 g/mol. The van der Waals surface area contributed by atoms with Crippen LogP contribution in [0.3, 0.4) is 0 Å². The maximum Gasteiger partial charge on any atom is 0.351 e. The van der Waals surface area contributed by atoms with Crippen molar-refractivity contribution in [2.24, 2.45) is 0 Å². The van der Waals surface area contributed by atoms with E-state index in [9.17, 15) is 9.18 Å². The number of rotatable bonds is 2. The second-order valence-electron chi connectivity index (χ2n) is 3.35. The van der Waals surface area contributed by atoms with Gasteiger partial charge in [0.1, 0.15) is 6.10 Å². The van der Waals surface area contributed by atoms with Crippen molar-refractivity contribution in [2.45, 2.75) is 18.8 Å². The van der Waals surface area contributed by atoms with E-state index in [4.69, 9.17) is 20.6 Å². The highest BCUT2D eigenvalue weighted by Crippen LogP contribution is 2.24. The number of nitrogens with zero attached hydrogens (tertiary/aromatic N) is 2. The van der Waals surface area contributed by atoms with E-state index in [1.165, 1.54) is 0 Å². The zero-order valence-electron chi connectivity index (χ0n) is 8.17. The number of aromatic nitrogens is 2. The number of hydrogen-bond acceptors (Lipinski definition) is 6. The topological polar surface area (TPSA) is 99.6 Å². The Morgan fingerprint density at radius 3 is 3.06 bits per heavy atom. The fraction of sp³-hybridized carbons (Fsp3) is 0.500. The highest BCUT2D eigenvalue weighted by atomic mass is 19.1. The Balaban J connectivity index is 2.28. The molecule has 8 heteroatoms. The molecule has 1 aliphatic heterocycles. The third kappa shape index (κ3) is 1.90. The molecule has 0 aromatic carbocycles. The molecule has 16 heavy (non-hydrogen) atoms. The SMILES string of the molecule is Nc1nc(=O)n(C2CC(CO)OO2)cc1F. The molecule has 88 valence electrons. The van der Waals surface area contributed by atoms with Gasteiger partial charge < -0.3 is 10.8 Å². The molecule has 0 aliphatic carbocycles. The first kappa shape index (κ1) is 11.0. The van der Waals surface area contributed by atoms with Gasteiger partial charge in [0.15, 0.2) is 17.9 Å². The summed E-state index contributed by atoms with van der Waals surface area (Å²) < 4.78 is 14.0. The molecule has 1 aromatic heterocycles. The number of aliphatic hydroxyl groups excluding tert-OH is 1. The smallest absolute Gasteiger partial charge is 0.351 e. The number of nitrogen functional groups attached to an aromatic ring is 1. The minimum atomic E-state index is -0.810. The van der Waals surface area contributed by atoms with Gasteiger partial charge in [0, 0.05) is 6.42 Å². The summed E-state index contributed by atoms with van der Waals surface area (Å²) in [7, 11) is 0. The molecule has 0 spiro atoms. The van der Waals surface area contributed by atoms with E-state index in [2.05, 4.69) is 4.98 Å². The van der Waals surface area contributed by atoms with Crippen molar-refractivity contribution in [3.05, 3.63) is 22.5 Å². The standard InChI is InChI=1S/C8H10FN3O4/c9-5-2-12(8(14)11-7(5)10)6-1-4(3-13)15-16-6/h2,4,6,13H,1,3H2,(H2,10,11,14). The first-order chi connectivity index (χ1) is 7.61. The minimum absolute atomic E-state index is 0.238. The highest BCUT2D eigenvalue weighted by Gasteiger charge is 2.29. The van der Waals surface area contributed by atoms with E-state index in [0.717, 1.165) is 10.8 Å². The van der Waals surface area contributed by atoms with Gasteiger partial charge in [-0.25, -0.2) is 19.0 Å². The molecule has 1 aromatic rings. The molecule has 2 heterocycles. The lowest BCUT2D eigenvalue weighted by molar-refractivity contribution is -0.314. The summed E-state index contributed by atoms with van der Waals surface area (Å²) in [4.78, 5) is 24.1. The van der Waals surface area contributed by atoms with Gasteiger partial charge in [0.05, 0.1) is 12.8 Å². The van der Waals surface area contributed by atoms with E-state index in [0.29, 0.717) is 0 Å². The van der Waals surface area contributed by atoms with Crippen LogP contribution in [0.5, 0.6) is 0 Å². The Bertz CT molecular complexity index is 449. The third-order valence-corrected chi connectivity index (χ3v) is 2.22. The Morgan fingerprint density at radius 2 is 2.44 bits per heavy atom. The third-order valence-electron chi connectivity index (χ3n) is 2.22. The van der Waals surface area contributed by atoms with Crippen LogP contribution in [-0.2, 0) is 9.78 Å². The van der Waals surface area contributed by atoms with Gasteiger partial charge in [-0.05, 0) is 0 Å². The zero-order valence-corrected chi connectivity index (χ0v) is 8.17. The Labute approximate surface area is 89.2 Å².